The van der Waals surface area contributed by atoms with E-state index in [1.807, 2.05) is 6.07 Å². The van der Waals surface area contributed by atoms with Crippen LogP contribution in [0.5, 0.6) is 0 Å². The molecule has 0 unspecified atom stereocenters. The van der Waals surface area contributed by atoms with Gasteiger partial charge in [-0.3, -0.25) is 0 Å². The summed E-state index contributed by atoms with van der Waals surface area (Å²) in [6.45, 7) is 15.9. The van der Waals surface area contributed by atoms with Gasteiger partial charge in [0.2, 0.25) is 0 Å². The predicted octanol–water partition coefficient (Wildman–Crippen LogP) is 11.7. The van der Waals surface area contributed by atoms with Crippen LogP contribution in [0.1, 0.15) is 130 Å². The molecule has 7 rings (SSSR count). The summed E-state index contributed by atoms with van der Waals surface area (Å²) in [5, 5.41) is 0. The van der Waals surface area contributed by atoms with Gasteiger partial charge in [-0.25, -0.2) is 0 Å². The maximum atomic E-state index is 6.90. The minimum Gasteiger partial charge on any atom is -0.371 e. The van der Waals surface area contributed by atoms with E-state index in [2.05, 4.69) is 102 Å². The summed E-state index contributed by atoms with van der Waals surface area (Å²) in [5.74, 6) is 5.21. The number of allylic oxidation sites excluding steroid dienone is 1. The highest BCUT2D eigenvalue weighted by molar-refractivity contribution is 5.25. The molecular formula is C47H68O4. The third-order valence-corrected chi connectivity index (χ3v) is 14.8. The molecule has 51 heavy (non-hydrogen) atoms. The molecule has 2 aromatic carbocycles. The Morgan fingerprint density at radius 1 is 0.804 bits per heavy atom. The van der Waals surface area contributed by atoms with E-state index >= 15 is 0 Å². The van der Waals surface area contributed by atoms with E-state index in [0.717, 1.165) is 48.3 Å². The number of hydrogen-bond acceptors (Lipinski definition) is 4. The van der Waals surface area contributed by atoms with Crippen LogP contribution in [0.4, 0.5) is 0 Å². The number of fused-ring (bicyclic) bond motifs is 5. The second kappa shape index (κ2) is 16.2. The highest BCUT2D eigenvalue weighted by atomic mass is 16.7. The molecule has 12 atom stereocenters. The smallest absolute Gasteiger partial charge is 0.161 e. The average molecular weight is 697 g/mol. The second-order valence-electron chi connectivity index (χ2n) is 18.4. The van der Waals surface area contributed by atoms with Gasteiger partial charge in [-0.1, -0.05) is 126 Å². The van der Waals surface area contributed by atoms with Crippen LogP contribution in [0.25, 0.3) is 0 Å². The molecule has 3 saturated carbocycles. The molecule has 1 aliphatic heterocycles. The zero-order chi connectivity index (χ0) is 35.6. The average Bonchev–Trinajstić information content (AvgIpc) is 3.48. The van der Waals surface area contributed by atoms with Crippen molar-refractivity contribution in [3.63, 3.8) is 0 Å². The van der Waals surface area contributed by atoms with Gasteiger partial charge in [-0.05, 0) is 116 Å². The molecule has 1 heterocycles. The van der Waals surface area contributed by atoms with Crippen LogP contribution in [0, 0.1) is 46.3 Å². The predicted molar refractivity (Wildman–Crippen MR) is 207 cm³/mol. The first-order valence-electron chi connectivity index (χ1n) is 21.0. The maximum Gasteiger partial charge on any atom is 0.161 e. The van der Waals surface area contributed by atoms with Gasteiger partial charge < -0.3 is 18.9 Å². The molecule has 4 aliphatic carbocycles. The van der Waals surface area contributed by atoms with Crippen LogP contribution in [-0.2, 0) is 32.2 Å². The first-order chi connectivity index (χ1) is 24.6. The van der Waals surface area contributed by atoms with E-state index in [1.165, 1.54) is 68.9 Å². The van der Waals surface area contributed by atoms with Crippen molar-refractivity contribution < 1.29 is 18.9 Å². The Kier molecular flexibility index (Phi) is 11.8. The minimum atomic E-state index is -0.281. The lowest BCUT2D eigenvalue weighted by atomic mass is 9.47. The van der Waals surface area contributed by atoms with E-state index in [-0.39, 0.29) is 30.7 Å². The second-order valence-corrected chi connectivity index (χ2v) is 18.4. The van der Waals surface area contributed by atoms with Crippen molar-refractivity contribution in [2.24, 2.45) is 46.3 Å². The molecule has 280 valence electrons. The lowest BCUT2D eigenvalue weighted by Gasteiger charge is -2.58. The fourth-order valence-corrected chi connectivity index (χ4v) is 12.0. The van der Waals surface area contributed by atoms with Crippen molar-refractivity contribution in [3.05, 3.63) is 83.4 Å². The molecule has 0 bridgehead atoms. The zero-order valence-electron chi connectivity index (χ0n) is 32.7. The summed E-state index contributed by atoms with van der Waals surface area (Å²) < 4.78 is 26.6. The maximum absolute atomic E-state index is 6.90. The zero-order valence-corrected chi connectivity index (χ0v) is 32.7. The molecular weight excluding hydrogens is 629 g/mol. The van der Waals surface area contributed by atoms with E-state index in [0.29, 0.717) is 30.5 Å². The Morgan fingerprint density at radius 3 is 2.22 bits per heavy atom. The fourth-order valence-electron chi connectivity index (χ4n) is 12.0. The van der Waals surface area contributed by atoms with Crippen LogP contribution in [0.2, 0.25) is 0 Å². The van der Waals surface area contributed by atoms with E-state index in [1.54, 1.807) is 5.57 Å². The topological polar surface area (TPSA) is 36.9 Å². The van der Waals surface area contributed by atoms with Crippen molar-refractivity contribution in [2.75, 3.05) is 0 Å². The van der Waals surface area contributed by atoms with Crippen molar-refractivity contribution in [2.45, 2.75) is 163 Å². The standard InChI is InChI=1S/C47H68O4/c1-32(2)14-13-15-33(3)40-22-23-41-39-21-20-37-28-38(24-26-46(37,5)42(39)25-27-47(40,41)6)51-44-29-43(48-30-35-16-9-7-10-17-35)45(34(4)50-44)49-31-36-18-11-8-12-19-36/h7-12,16-20,32-34,38-45H,13-15,21-31H2,1-6H3/t33-,34+,38+,39+,40-,41+,42+,43+,44+,45+,46+,47-/m1/s1. The van der Waals surface area contributed by atoms with Crippen molar-refractivity contribution >= 4 is 0 Å². The van der Waals surface area contributed by atoms with Gasteiger partial charge >= 0.3 is 0 Å². The third-order valence-electron chi connectivity index (χ3n) is 14.8. The molecule has 2 aromatic rings. The highest BCUT2D eigenvalue weighted by Gasteiger charge is 2.59. The van der Waals surface area contributed by atoms with Gasteiger partial charge in [0.15, 0.2) is 6.29 Å². The Balaban J connectivity index is 0.981. The summed E-state index contributed by atoms with van der Waals surface area (Å²) in [4.78, 5) is 0. The van der Waals surface area contributed by atoms with Gasteiger partial charge in [-0.15, -0.1) is 0 Å². The van der Waals surface area contributed by atoms with Gasteiger partial charge in [0.25, 0.3) is 0 Å². The quantitative estimate of drug-likeness (QED) is 0.195. The fraction of sp³-hybridized carbons (Fsp3) is 0.702. The Labute approximate surface area is 310 Å². The number of hydrogen-bond donors (Lipinski definition) is 0. The summed E-state index contributed by atoms with van der Waals surface area (Å²) in [7, 11) is 0. The van der Waals surface area contributed by atoms with Crippen LogP contribution in [0.3, 0.4) is 0 Å². The monoisotopic (exact) mass is 697 g/mol. The van der Waals surface area contributed by atoms with E-state index in [9.17, 15) is 0 Å². The highest BCUT2D eigenvalue weighted by Crippen LogP contribution is 2.67. The molecule has 0 N–H and O–H groups in total. The van der Waals surface area contributed by atoms with Crippen molar-refractivity contribution in [1.82, 2.24) is 0 Å². The van der Waals surface area contributed by atoms with Crippen LogP contribution >= 0.6 is 0 Å². The summed E-state index contributed by atoms with van der Waals surface area (Å²) >= 11 is 0. The molecule has 4 nitrogen and oxygen atoms in total. The van der Waals surface area contributed by atoms with Crippen LogP contribution in [0.15, 0.2) is 72.3 Å². The molecule has 0 amide bonds. The molecule has 5 aliphatic rings. The lowest BCUT2D eigenvalue weighted by molar-refractivity contribution is -0.278. The van der Waals surface area contributed by atoms with Gasteiger partial charge in [0.1, 0.15) is 6.10 Å². The van der Waals surface area contributed by atoms with Gasteiger partial charge in [-0.2, -0.15) is 0 Å². The molecule has 0 aromatic heterocycles. The van der Waals surface area contributed by atoms with Crippen molar-refractivity contribution in [1.29, 1.82) is 0 Å². The first kappa shape index (κ1) is 37.3. The normalized spacial score (nSPS) is 38.4. The molecule has 4 heteroatoms. The molecule has 0 spiro atoms. The van der Waals surface area contributed by atoms with Crippen LogP contribution in [-0.4, -0.2) is 30.7 Å². The van der Waals surface area contributed by atoms with E-state index in [4.69, 9.17) is 18.9 Å². The SMILES string of the molecule is CC(C)CCC[C@@H](C)[C@H]1CC[C@H]2[C@@H]3CC=C4C[C@@H](O[C@H]5C[C@H](OCc6ccccc6)[C@@H](OCc6ccccc6)[C@H](C)O5)CC[C@]4(C)[C@H]3CC[C@]12C. The van der Waals surface area contributed by atoms with Gasteiger partial charge in [0, 0.05) is 6.42 Å². The summed E-state index contributed by atoms with van der Waals surface area (Å²) in [5.41, 5.74) is 4.89. The summed E-state index contributed by atoms with van der Waals surface area (Å²) in [6.07, 6.45) is 17.6. The Bertz CT molecular complexity index is 1420. The number of rotatable bonds is 13. The molecule has 4 fully saturated rings. The molecule has 0 radical (unpaired) electrons. The number of benzene rings is 2. The Hall–Kier alpha value is -1.98. The summed E-state index contributed by atoms with van der Waals surface area (Å²) in [6, 6.07) is 20.9. The minimum absolute atomic E-state index is 0.101. The number of ether oxygens (including phenoxy) is 4. The van der Waals surface area contributed by atoms with Gasteiger partial charge in [0.05, 0.1) is 31.5 Å². The Morgan fingerprint density at radius 2 is 1.51 bits per heavy atom. The molecule has 1 saturated heterocycles. The van der Waals surface area contributed by atoms with Crippen LogP contribution < -0.4 is 0 Å². The third kappa shape index (κ3) is 8.10. The largest absolute Gasteiger partial charge is 0.371 e. The van der Waals surface area contributed by atoms with Crippen molar-refractivity contribution in [3.8, 4) is 0 Å². The van der Waals surface area contributed by atoms with E-state index < -0.39 is 0 Å². The lowest BCUT2D eigenvalue weighted by Crippen LogP contribution is -2.52. The first-order valence-corrected chi connectivity index (χ1v) is 21.0.